The van der Waals surface area contributed by atoms with E-state index in [0.717, 1.165) is 6.07 Å². The maximum absolute atomic E-state index is 13.3. The molecular weight excluding hydrogens is 255 g/mol. The number of benzene rings is 1. The highest BCUT2D eigenvalue weighted by Crippen LogP contribution is 2.21. The van der Waals surface area contributed by atoms with E-state index in [4.69, 9.17) is 12.2 Å². The van der Waals surface area contributed by atoms with E-state index in [1.807, 2.05) is 0 Å². The van der Waals surface area contributed by atoms with Gasteiger partial charge in [0.05, 0.1) is 16.6 Å². The summed E-state index contributed by atoms with van der Waals surface area (Å²) in [5.74, 6) is 1.71. The number of halogens is 1. The van der Waals surface area contributed by atoms with Crippen molar-refractivity contribution in [3.05, 3.63) is 23.5 Å². The summed E-state index contributed by atoms with van der Waals surface area (Å²) in [7, 11) is -3.78. The van der Waals surface area contributed by atoms with Gasteiger partial charge in [-0.25, -0.2) is 12.8 Å². The molecule has 0 aromatic heterocycles. The molecule has 0 aliphatic rings. The number of hydrogen-bond acceptors (Lipinski definition) is 3. The lowest BCUT2D eigenvalue weighted by molar-refractivity contribution is 0.569. The van der Waals surface area contributed by atoms with Crippen LogP contribution in [0.25, 0.3) is 0 Å². The molecule has 0 saturated carbocycles. The van der Waals surface area contributed by atoms with Crippen molar-refractivity contribution >= 4 is 15.7 Å². The van der Waals surface area contributed by atoms with Gasteiger partial charge in [-0.2, -0.15) is 4.72 Å². The van der Waals surface area contributed by atoms with Crippen molar-refractivity contribution in [2.45, 2.75) is 31.2 Å². The number of terminal acetylenes is 1. The maximum atomic E-state index is 13.3. The molecule has 1 rings (SSSR count). The molecular formula is C12H15FN2O2S. The highest BCUT2D eigenvalue weighted by Gasteiger charge is 2.20. The monoisotopic (exact) mass is 270 g/mol. The first-order valence-electron chi connectivity index (χ1n) is 5.36. The second-order valence-corrected chi connectivity index (χ2v) is 5.61. The standard InChI is InChI=1S/C12H15FN2O2S/c1-4-9(5-2)15-18(16,17)10-6-8(3)12(13)11(14)7-10/h1,6-7,9,15H,5,14H2,2-3H3. The number of nitrogens with one attached hydrogen (secondary N) is 1. The van der Waals surface area contributed by atoms with Gasteiger partial charge < -0.3 is 5.73 Å². The zero-order valence-electron chi connectivity index (χ0n) is 10.2. The van der Waals surface area contributed by atoms with Gasteiger partial charge in [0.2, 0.25) is 10.0 Å². The molecule has 0 amide bonds. The zero-order chi connectivity index (χ0) is 13.9. The molecule has 1 aromatic carbocycles. The number of hydrogen-bond donors (Lipinski definition) is 2. The highest BCUT2D eigenvalue weighted by atomic mass is 32.2. The fraction of sp³-hybridized carbons (Fsp3) is 0.333. The first kappa shape index (κ1) is 14.5. The van der Waals surface area contributed by atoms with Gasteiger partial charge >= 0.3 is 0 Å². The quantitative estimate of drug-likeness (QED) is 0.642. The van der Waals surface area contributed by atoms with Crippen molar-refractivity contribution in [3.8, 4) is 12.3 Å². The molecule has 0 aliphatic carbocycles. The molecule has 4 nitrogen and oxygen atoms in total. The molecule has 0 saturated heterocycles. The number of aryl methyl sites for hydroxylation is 1. The van der Waals surface area contributed by atoms with Crippen molar-refractivity contribution in [3.63, 3.8) is 0 Å². The van der Waals surface area contributed by atoms with Crippen LogP contribution in [0.3, 0.4) is 0 Å². The summed E-state index contributed by atoms with van der Waals surface area (Å²) in [6.45, 7) is 3.21. The Labute approximate surface area is 106 Å². The lowest BCUT2D eigenvalue weighted by Crippen LogP contribution is -2.33. The molecule has 0 spiro atoms. The lowest BCUT2D eigenvalue weighted by atomic mass is 10.2. The third-order valence-electron chi connectivity index (χ3n) is 2.47. The minimum absolute atomic E-state index is 0.0902. The van der Waals surface area contributed by atoms with E-state index < -0.39 is 21.9 Å². The zero-order valence-corrected chi connectivity index (χ0v) is 11.0. The lowest BCUT2D eigenvalue weighted by Gasteiger charge is -2.12. The predicted molar refractivity (Wildman–Crippen MR) is 68.8 cm³/mol. The molecule has 1 atom stereocenters. The highest BCUT2D eigenvalue weighted by molar-refractivity contribution is 7.89. The number of rotatable bonds is 4. The Balaban J connectivity index is 3.18. The Morgan fingerprint density at radius 1 is 1.56 bits per heavy atom. The number of sulfonamides is 1. The van der Waals surface area contributed by atoms with Gasteiger partial charge in [0.25, 0.3) is 0 Å². The molecule has 1 aromatic rings. The summed E-state index contributed by atoms with van der Waals surface area (Å²) in [6.07, 6.45) is 5.65. The Bertz CT molecular complexity index is 568. The summed E-state index contributed by atoms with van der Waals surface area (Å²) in [4.78, 5) is -0.0902. The van der Waals surface area contributed by atoms with E-state index >= 15 is 0 Å². The molecule has 0 heterocycles. The first-order valence-corrected chi connectivity index (χ1v) is 6.84. The summed E-state index contributed by atoms with van der Waals surface area (Å²) in [5.41, 5.74) is 5.37. The molecule has 98 valence electrons. The van der Waals surface area contributed by atoms with E-state index in [0.29, 0.717) is 6.42 Å². The second-order valence-electron chi connectivity index (χ2n) is 3.89. The van der Waals surface area contributed by atoms with Crippen LogP contribution in [0.1, 0.15) is 18.9 Å². The second kappa shape index (κ2) is 5.38. The third-order valence-corrected chi connectivity index (χ3v) is 3.92. The molecule has 0 bridgehead atoms. The van der Waals surface area contributed by atoms with E-state index in [1.165, 1.54) is 13.0 Å². The molecule has 18 heavy (non-hydrogen) atoms. The summed E-state index contributed by atoms with van der Waals surface area (Å²) >= 11 is 0. The topological polar surface area (TPSA) is 72.2 Å². The maximum Gasteiger partial charge on any atom is 0.241 e. The SMILES string of the molecule is C#CC(CC)NS(=O)(=O)c1cc(C)c(F)c(N)c1. The van der Waals surface area contributed by atoms with Crippen molar-refractivity contribution in [1.29, 1.82) is 0 Å². The summed E-state index contributed by atoms with van der Waals surface area (Å²) < 4.78 is 39.6. The van der Waals surface area contributed by atoms with Crippen molar-refractivity contribution < 1.29 is 12.8 Å². The Kier molecular flexibility index (Phi) is 4.33. The van der Waals surface area contributed by atoms with Gasteiger partial charge in [0.15, 0.2) is 0 Å². The normalized spacial score (nSPS) is 13.0. The Hall–Kier alpha value is -1.58. The van der Waals surface area contributed by atoms with Crippen molar-refractivity contribution in [1.82, 2.24) is 4.72 Å². The largest absolute Gasteiger partial charge is 0.396 e. The Morgan fingerprint density at radius 3 is 2.61 bits per heavy atom. The molecule has 6 heteroatoms. The van der Waals surface area contributed by atoms with Gasteiger partial charge in [-0.3, -0.25) is 0 Å². The third kappa shape index (κ3) is 3.00. The van der Waals surface area contributed by atoms with E-state index in [9.17, 15) is 12.8 Å². The molecule has 0 radical (unpaired) electrons. The van der Waals surface area contributed by atoms with Crippen LogP contribution >= 0.6 is 0 Å². The van der Waals surface area contributed by atoms with Crippen LogP contribution in [0.4, 0.5) is 10.1 Å². The average molecular weight is 270 g/mol. The van der Waals surface area contributed by atoms with Gasteiger partial charge in [-0.1, -0.05) is 12.8 Å². The van der Waals surface area contributed by atoms with Crippen LogP contribution in [0.5, 0.6) is 0 Å². The smallest absolute Gasteiger partial charge is 0.241 e. The number of nitrogens with two attached hydrogens (primary N) is 1. The van der Waals surface area contributed by atoms with Crippen LogP contribution in [0, 0.1) is 25.1 Å². The minimum Gasteiger partial charge on any atom is -0.396 e. The van der Waals surface area contributed by atoms with Gasteiger partial charge in [-0.05, 0) is 31.0 Å². The first-order chi connectivity index (χ1) is 8.31. The minimum atomic E-state index is -3.78. The van der Waals surface area contributed by atoms with Gasteiger partial charge in [-0.15, -0.1) is 6.42 Å². The number of nitrogen functional groups attached to an aromatic ring is 1. The fourth-order valence-electron chi connectivity index (χ4n) is 1.41. The van der Waals surface area contributed by atoms with Crippen LogP contribution in [-0.4, -0.2) is 14.5 Å². The fourth-order valence-corrected chi connectivity index (χ4v) is 2.77. The van der Waals surface area contributed by atoms with Crippen LogP contribution < -0.4 is 10.5 Å². The molecule has 1 unspecified atom stereocenters. The van der Waals surface area contributed by atoms with E-state index in [2.05, 4.69) is 10.6 Å². The van der Waals surface area contributed by atoms with Crippen LogP contribution in [0.15, 0.2) is 17.0 Å². The van der Waals surface area contributed by atoms with E-state index in [1.54, 1.807) is 6.92 Å². The van der Waals surface area contributed by atoms with Crippen molar-refractivity contribution in [2.75, 3.05) is 5.73 Å². The molecule has 0 fully saturated rings. The van der Waals surface area contributed by atoms with Crippen molar-refractivity contribution in [2.24, 2.45) is 0 Å². The molecule has 3 N–H and O–H groups in total. The number of anilines is 1. The average Bonchev–Trinajstić information content (AvgIpc) is 2.32. The summed E-state index contributed by atoms with van der Waals surface area (Å²) in [6, 6.07) is 1.70. The molecule has 0 aliphatic heterocycles. The van der Waals surface area contributed by atoms with Gasteiger partial charge in [0, 0.05) is 0 Å². The van der Waals surface area contributed by atoms with E-state index in [-0.39, 0.29) is 16.1 Å². The summed E-state index contributed by atoms with van der Waals surface area (Å²) in [5, 5.41) is 0. The Morgan fingerprint density at radius 2 is 2.17 bits per heavy atom. The predicted octanol–water partition coefficient (Wildman–Crippen LogP) is 1.41. The van der Waals surface area contributed by atoms with Crippen LogP contribution in [0.2, 0.25) is 0 Å². The van der Waals surface area contributed by atoms with Crippen LogP contribution in [-0.2, 0) is 10.0 Å². The van der Waals surface area contributed by atoms with Gasteiger partial charge in [0.1, 0.15) is 5.82 Å².